The molecule has 9 heteroatoms. The summed E-state index contributed by atoms with van der Waals surface area (Å²) in [5.74, 6) is -2.93. The molecule has 0 spiro atoms. The molecule has 2 N–H and O–H groups in total. The smallest absolute Gasteiger partial charge is 0.339 e. The number of rotatable bonds is 5. The van der Waals surface area contributed by atoms with Crippen LogP contribution >= 0.6 is 31.9 Å². The van der Waals surface area contributed by atoms with E-state index in [0.29, 0.717) is 15.8 Å². The topological polar surface area (TPSA) is 112 Å². The number of nitrogens with two attached hydrogens (primary N) is 1. The van der Waals surface area contributed by atoms with Gasteiger partial charge in [-0.05, 0) is 48.0 Å². The normalized spacial score (nSPS) is 19.3. The maximum Gasteiger partial charge on any atom is 0.339 e. The zero-order valence-electron chi connectivity index (χ0n) is 14.0. The summed E-state index contributed by atoms with van der Waals surface area (Å²) in [7, 11) is 0. The Bertz CT molecular complexity index is 818. The Morgan fingerprint density at radius 1 is 1.31 bits per heavy atom. The van der Waals surface area contributed by atoms with E-state index in [9.17, 15) is 14.9 Å². The number of nitrogens with zero attached hydrogens (tertiary/aromatic N) is 1. The molecule has 7 nitrogen and oxygen atoms in total. The molecule has 0 radical (unpaired) electrons. The van der Waals surface area contributed by atoms with Crippen LogP contribution in [-0.2, 0) is 19.1 Å². The summed E-state index contributed by atoms with van der Waals surface area (Å²) < 4.78 is 17.0. The minimum Gasteiger partial charge on any atom is -0.465 e. The van der Waals surface area contributed by atoms with E-state index in [4.69, 9.17) is 19.9 Å². The van der Waals surface area contributed by atoms with Crippen LogP contribution in [0.2, 0.25) is 0 Å². The van der Waals surface area contributed by atoms with Gasteiger partial charge in [-0.2, -0.15) is 5.26 Å². The van der Waals surface area contributed by atoms with Crippen LogP contribution in [0.1, 0.15) is 19.4 Å². The van der Waals surface area contributed by atoms with E-state index in [1.165, 1.54) is 6.08 Å². The fourth-order valence-corrected chi connectivity index (χ4v) is 3.82. The molecule has 2 rings (SSSR count). The molecule has 0 saturated carbocycles. The summed E-state index contributed by atoms with van der Waals surface area (Å²) in [5.41, 5.74) is 4.63. The van der Waals surface area contributed by atoms with Crippen LogP contribution in [0.4, 0.5) is 0 Å². The number of hydrogen-bond donors (Lipinski definition) is 1. The SMILES string of the molecule is CCOC(=O)C1=Cc2cc(Br)cc(Br)c2OC1(N)C(C#N)C(=O)OCC. The average molecular weight is 488 g/mol. The Balaban J connectivity index is 2.65. The molecule has 0 aromatic heterocycles. The van der Waals surface area contributed by atoms with Gasteiger partial charge in [0.15, 0.2) is 0 Å². The molecule has 0 amide bonds. The lowest BCUT2D eigenvalue weighted by Crippen LogP contribution is -2.59. The Morgan fingerprint density at radius 2 is 1.96 bits per heavy atom. The number of ether oxygens (including phenoxy) is 3. The van der Waals surface area contributed by atoms with Crippen LogP contribution in [0.25, 0.3) is 6.08 Å². The fourth-order valence-electron chi connectivity index (χ4n) is 2.48. The molecule has 0 aliphatic carbocycles. The van der Waals surface area contributed by atoms with Gasteiger partial charge in [-0.25, -0.2) is 4.79 Å². The van der Waals surface area contributed by atoms with Gasteiger partial charge in [-0.15, -0.1) is 0 Å². The number of carbonyl (C=O) groups is 2. The van der Waals surface area contributed by atoms with Gasteiger partial charge in [0.2, 0.25) is 11.6 Å². The van der Waals surface area contributed by atoms with Crippen molar-refractivity contribution in [3.8, 4) is 11.8 Å². The molecule has 1 aliphatic heterocycles. The highest BCUT2D eigenvalue weighted by atomic mass is 79.9. The highest BCUT2D eigenvalue weighted by Gasteiger charge is 2.52. The highest BCUT2D eigenvalue weighted by molar-refractivity contribution is 9.11. The molecule has 26 heavy (non-hydrogen) atoms. The largest absolute Gasteiger partial charge is 0.465 e. The molecule has 1 aliphatic rings. The van der Waals surface area contributed by atoms with Crippen LogP contribution in [0.15, 0.2) is 26.7 Å². The highest BCUT2D eigenvalue weighted by Crippen LogP contribution is 2.43. The number of hydrogen-bond acceptors (Lipinski definition) is 7. The number of halogens is 2. The first-order valence-corrected chi connectivity index (χ1v) is 9.29. The lowest BCUT2D eigenvalue weighted by molar-refractivity contribution is -0.152. The van der Waals surface area contributed by atoms with Crippen molar-refractivity contribution in [3.05, 3.63) is 32.2 Å². The van der Waals surface area contributed by atoms with Gasteiger partial charge >= 0.3 is 11.9 Å². The van der Waals surface area contributed by atoms with Crippen molar-refractivity contribution in [2.75, 3.05) is 13.2 Å². The first-order chi connectivity index (χ1) is 12.3. The second-order valence-electron chi connectivity index (χ2n) is 5.29. The van der Waals surface area contributed by atoms with E-state index < -0.39 is 23.6 Å². The summed E-state index contributed by atoms with van der Waals surface area (Å²) >= 11 is 6.71. The average Bonchev–Trinajstić information content (AvgIpc) is 2.56. The van der Waals surface area contributed by atoms with Crippen molar-refractivity contribution in [1.29, 1.82) is 5.26 Å². The van der Waals surface area contributed by atoms with E-state index in [1.807, 2.05) is 0 Å². The van der Waals surface area contributed by atoms with Crippen LogP contribution in [0.3, 0.4) is 0 Å². The third-order valence-corrected chi connectivity index (χ3v) is 4.65. The lowest BCUT2D eigenvalue weighted by Gasteiger charge is -2.37. The second kappa shape index (κ2) is 8.20. The third kappa shape index (κ3) is 3.77. The molecule has 0 saturated heterocycles. The predicted molar refractivity (Wildman–Crippen MR) is 99.7 cm³/mol. The van der Waals surface area contributed by atoms with E-state index in [-0.39, 0.29) is 18.8 Å². The Hall–Kier alpha value is -1.89. The summed E-state index contributed by atoms with van der Waals surface area (Å²) in [6, 6.07) is 5.22. The maximum atomic E-state index is 12.5. The van der Waals surface area contributed by atoms with Gasteiger partial charge in [0.1, 0.15) is 5.75 Å². The number of fused-ring (bicyclic) bond motifs is 1. The molecule has 1 aromatic carbocycles. The van der Waals surface area contributed by atoms with Gasteiger partial charge < -0.3 is 14.2 Å². The quantitative estimate of drug-likeness (QED) is 0.635. The molecular weight excluding hydrogens is 472 g/mol. The summed E-state index contributed by atoms with van der Waals surface area (Å²) in [4.78, 5) is 24.7. The van der Waals surface area contributed by atoms with Gasteiger partial charge in [0.05, 0.1) is 29.3 Å². The lowest BCUT2D eigenvalue weighted by atomic mass is 9.86. The van der Waals surface area contributed by atoms with Crippen molar-refractivity contribution >= 4 is 49.9 Å². The van der Waals surface area contributed by atoms with Crippen LogP contribution in [-0.4, -0.2) is 30.9 Å². The zero-order chi connectivity index (χ0) is 19.5. The molecule has 138 valence electrons. The zero-order valence-corrected chi connectivity index (χ0v) is 17.2. The number of benzene rings is 1. The second-order valence-corrected chi connectivity index (χ2v) is 7.06. The summed E-state index contributed by atoms with van der Waals surface area (Å²) in [5, 5.41) is 9.52. The predicted octanol–water partition coefficient (Wildman–Crippen LogP) is 2.91. The van der Waals surface area contributed by atoms with E-state index >= 15 is 0 Å². The first kappa shape index (κ1) is 20.4. The molecule has 1 heterocycles. The Labute approximate surface area is 167 Å². The molecule has 2 unspecified atom stereocenters. The van der Waals surface area contributed by atoms with Crippen molar-refractivity contribution in [1.82, 2.24) is 0 Å². The molecular formula is C17H16Br2N2O5. The Morgan fingerprint density at radius 3 is 2.54 bits per heavy atom. The third-order valence-electron chi connectivity index (χ3n) is 3.60. The molecule has 0 fully saturated rings. The van der Waals surface area contributed by atoms with Gasteiger partial charge in [0.25, 0.3) is 0 Å². The van der Waals surface area contributed by atoms with Crippen molar-refractivity contribution < 1.29 is 23.8 Å². The molecule has 2 atom stereocenters. The van der Waals surface area contributed by atoms with Gasteiger partial charge in [-0.1, -0.05) is 15.9 Å². The molecule has 1 aromatic rings. The first-order valence-electron chi connectivity index (χ1n) is 7.70. The van der Waals surface area contributed by atoms with Gasteiger partial charge in [-0.3, -0.25) is 10.5 Å². The fraction of sp³-hybridized carbons (Fsp3) is 0.353. The standard InChI is InChI=1S/C17H16Br2N2O5/c1-3-24-15(22)11-6-9-5-10(18)7-13(19)14(9)26-17(11,21)12(8-20)16(23)25-4-2/h5-7,12H,3-4,21H2,1-2H3. The minimum atomic E-state index is -2.06. The van der Waals surface area contributed by atoms with E-state index in [2.05, 4.69) is 31.9 Å². The maximum absolute atomic E-state index is 12.5. The van der Waals surface area contributed by atoms with Crippen molar-refractivity contribution in [3.63, 3.8) is 0 Å². The minimum absolute atomic E-state index is 0.0543. The van der Waals surface area contributed by atoms with E-state index in [0.717, 1.165) is 4.47 Å². The number of carbonyl (C=O) groups excluding carboxylic acids is 2. The van der Waals surface area contributed by atoms with E-state index in [1.54, 1.807) is 32.0 Å². The van der Waals surface area contributed by atoms with Crippen LogP contribution in [0.5, 0.6) is 5.75 Å². The Kier molecular flexibility index (Phi) is 6.44. The summed E-state index contributed by atoms with van der Waals surface area (Å²) in [6.45, 7) is 3.38. The van der Waals surface area contributed by atoms with Crippen LogP contribution in [0, 0.1) is 17.2 Å². The summed E-state index contributed by atoms with van der Waals surface area (Å²) in [6.07, 6.45) is 1.45. The van der Waals surface area contributed by atoms with Crippen molar-refractivity contribution in [2.24, 2.45) is 11.7 Å². The monoisotopic (exact) mass is 486 g/mol. The number of nitriles is 1. The van der Waals surface area contributed by atoms with Crippen LogP contribution < -0.4 is 10.5 Å². The van der Waals surface area contributed by atoms with Crippen molar-refractivity contribution in [2.45, 2.75) is 19.6 Å². The molecule has 0 bridgehead atoms. The number of esters is 2. The van der Waals surface area contributed by atoms with Gasteiger partial charge in [0, 0.05) is 10.0 Å².